The fraction of sp³-hybridized carbons (Fsp3) is 0.250. The van der Waals surface area contributed by atoms with E-state index in [2.05, 4.69) is 35.3 Å². The van der Waals surface area contributed by atoms with Crippen molar-refractivity contribution in [2.75, 3.05) is 12.1 Å². The molecule has 2 unspecified atom stereocenters. The zero-order valence-electron chi connectivity index (χ0n) is 16.7. The van der Waals surface area contributed by atoms with Gasteiger partial charge in [-0.25, -0.2) is 0 Å². The van der Waals surface area contributed by atoms with Crippen molar-refractivity contribution in [2.45, 2.75) is 31.5 Å². The van der Waals surface area contributed by atoms with Gasteiger partial charge < -0.3 is 10.0 Å². The first-order chi connectivity index (χ1) is 14.6. The second kappa shape index (κ2) is 7.06. The number of benzene rings is 2. The van der Waals surface area contributed by atoms with Crippen LogP contribution in [0, 0.1) is 0 Å². The first kappa shape index (κ1) is 18.5. The largest absolute Gasteiger partial charge is 0.502 e. The van der Waals surface area contributed by atoms with Crippen LogP contribution < -0.4 is 10.4 Å². The monoisotopic (exact) mass is 401 g/mol. The number of amides is 1. The Labute approximate surface area is 174 Å². The lowest BCUT2D eigenvalue weighted by Gasteiger charge is -2.50. The molecule has 0 spiro atoms. The van der Waals surface area contributed by atoms with E-state index in [1.807, 2.05) is 24.3 Å². The van der Waals surface area contributed by atoms with Gasteiger partial charge in [-0.1, -0.05) is 54.6 Å². The minimum Gasteiger partial charge on any atom is -0.502 e. The van der Waals surface area contributed by atoms with Gasteiger partial charge in [0.15, 0.2) is 11.4 Å². The van der Waals surface area contributed by atoms with Crippen molar-refractivity contribution in [1.82, 2.24) is 9.58 Å². The first-order valence-electron chi connectivity index (χ1n) is 10.2. The van der Waals surface area contributed by atoms with Crippen LogP contribution in [0.25, 0.3) is 0 Å². The molecule has 3 aromatic rings. The van der Waals surface area contributed by atoms with Gasteiger partial charge in [0.1, 0.15) is 6.17 Å². The fourth-order valence-corrected chi connectivity index (χ4v) is 4.77. The Hall–Kier alpha value is -3.54. The molecular formula is C24H23N3O3. The Morgan fingerprint density at radius 2 is 1.70 bits per heavy atom. The number of aryl methyl sites for hydroxylation is 1. The number of rotatable bonds is 1. The third kappa shape index (κ3) is 2.71. The number of nitrogens with zero attached hydrogens (tertiary/aromatic N) is 3. The maximum Gasteiger partial charge on any atom is 0.277 e. The van der Waals surface area contributed by atoms with E-state index in [0.717, 1.165) is 24.8 Å². The van der Waals surface area contributed by atoms with Gasteiger partial charge in [0, 0.05) is 19.3 Å². The molecule has 2 aliphatic heterocycles. The SMILES string of the molecule is CN1C(=O)c2c(O)c(=O)ccn2N2C(c3ccccc3)c3ccccc3CCCC12. The van der Waals surface area contributed by atoms with Crippen molar-refractivity contribution in [2.24, 2.45) is 0 Å². The van der Waals surface area contributed by atoms with Gasteiger partial charge in [-0.2, -0.15) is 0 Å². The van der Waals surface area contributed by atoms with Crippen LogP contribution in [0.15, 0.2) is 71.7 Å². The molecule has 152 valence electrons. The van der Waals surface area contributed by atoms with Crippen molar-refractivity contribution in [1.29, 1.82) is 0 Å². The Morgan fingerprint density at radius 3 is 2.50 bits per heavy atom. The lowest BCUT2D eigenvalue weighted by Crippen LogP contribution is -2.61. The highest BCUT2D eigenvalue weighted by Crippen LogP contribution is 2.38. The summed E-state index contributed by atoms with van der Waals surface area (Å²) < 4.78 is 1.68. The molecule has 0 bridgehead atoms. The molecule has 0 fully saturated rings. The molecule has 6 heteroatoms. The second-order valence-electron chi connectivity index (χ2n) is 7.90. The van der Waals surface area contributed by atoms with Crippen molar-refractivity contribution in [3.05, 3.63) is 99.5 Å². The van der Waals surface area contributed by atoms with Crippen molar-refractivity contribution >= 4 is 5.91 Å². The van der Waals surface area contributed by atoms with Gasteiger partial charge in [0.05, 0.1) is 6.04 Å². The van der Waals surface area contributed by atoms with Crippen LogP contribution in [0.3, 0.4) is 0 Å². The number of carbonyl (C=O) groups excluding carboxylic acids is 1. The number of carbonyl (C=O) groups is 1. The molecule has 1 amide bonds. The van der Waals surface area contributed by atoms with Crippen LogP contribution in [0.1, 0.15) is 46.1 Å². The predicted octanol–water partition coefficient (Wildman–Crippen LogP) is 3.03. The normalized spacial score (nSPS) is 20.6. The third-order valence-corrected chi connectivity index (χ3v) is 6.22. The van der Waals surface area contributed by atoms with Crippen LogP contribution >= 0.6 is 0 Å². The molecule has 30 heavy (non-hydrogen) atoms. The molecule has 6 nitrogen and oxygen atoms in total. The Morgan fingerprint density at radius 1 is 0.967 bits per heavy atom. The van der Waals surface area contributed by atoms with Gasteiger partial charge in [-0.15, -0.1) is 0 Å². The topological polar surface area (TPSA) is 65.8 Å². The molecule has 0 aliphatic carbocycles. The molecule has 0 saturated carbocycles. The number of fused-ring (bicyclic) bond motifs is 4. The molecule has 2 aliphatic rings. The molecule has 1 N–H and O–H groups in total. The van der Waals surface area contributed by atoms with E-state index in [0.29, 0.717) is 0 Å². The third-order valence-electron chi connectivity index (χ3n) is 6.22. The second-order valence-corrected chi connectivity index (χ2v) is 7.90. The lowest BCUT2D eigenvalue weighted by atomic mass is 9.88. The molecule has 2 atom stereocenters. The van der Waals surface area contributed by atoms with Crippen LogP contribution in [0.4, 0.5) is 0 Å². The quantitative estimate of drug-likeness (QED) is 0.681. The maximum absolute atomic E-state index is 13.1. The zero-order valence-corrected chi connectivity index (χ0v) is 16.7. The summed E-state index contributed by atoms with van der Waals surface area (Å²) in [5.74, 6) is -0.845. The summed E-state index contributed by atoms with van der Waals surface area (Å²) in [7, 11) is 1.75. The predicted molar refractivity (Wildman–Crippen MR) is 114 cm³/mol. The molecule has 3 heterocycles. The Kier molecular flexibility index (Phi) is 4.35. The van der Waals surface area contributed by atoms with E-state index < -0.39 is 11.2 Å². The lowest BCUT2D eigenvalue weighted by molar-refractivity contribution is 0.0600. The Bertz CT molecular complexity index is 1170. The summed E-state index contributed by atoms with van der Waals surface area (Å²) in [6, 6.07) is 19.7. The minimum atomic E-state index is -0.551. The highest BCUT2D eigenvalue weighted by molar-refractivity contribution is 5.96. The van der Waals surface area contributed by atoms with Gasteiger partial charge >= 0.3 is 0 Å². The standard InChI is InChI=1S/C24H23N3O3/c1-25-20-13-7-11-16-8-5-6-12-18(16)21(17-9-3-2-4-10-17)27(20)26-15-14-19(28)23(29)22(26)24(25)30/h2-6,8-10,12,14-15,20-21,29H,7,11,13H2,1H3. The number of hydrogen-bond donors (Lipinski definition) is 1. The van der Waals surface area contributed by atoms with Crippen molar-refractivity contribution in [3.8, 4) is 5.75 Å². The highest BCUT2D eigenvalue weighted by Gasteiger charge is 2.42. The Balaban J connectivity index is 1.83. The van der Waals surface area contributed by atoms with Crippen molar-refractivity contribution in [3.63, 3.8) is 0 Å². The average Bonchev–Trinajstić information content (AvgIpc) is 2.75. The summed E-state index contributed by atoms with van der Waals surface area (Å²) in [6.45, 7) is 0. The van der Waals surface area contributed by atoms with Gasteiger partial charge in [0.25, 0.3) is 5.91 Å². The molecular weight excluding hydrogens is 378 g/mol. The van der Waals surface area contributed by atoms with E-state index in [4.69, 9.17) is 0 Å². The van der Waals surface area contributed by atoms with Crippen LogP contribution in [0.5, 0.6) is 5.75 Å². The summed E-state index contributed by atoms with van der Waals surface area (Å²) in [6.07, 6.45) is 4.06. The average molecular weight is 401 g/mol. The van der Waals surface area contributed by atoms with E-state index in [-0.39, 0.29) is 23.8 Å². The fourth-order valence-electron chi connectivity index (χ4n) is 4.77. The number of aromatic hydroxyl groups is 1. The maximum atomic E-state index is 13.1. The highest BCUT2D eigenvalue weighted by atomic mass is 16.3. The van der Waals surface area contributed by atoms with Crippen LogP contribution in [-0.2, 0) is 6.42 Å². The number of pyridine rings is 1. The van der Waals surface area contributed by atoms with E-state index in [9.17, 15) is 14.7 Å². The van der Waals surface area contributed by atoms with Gasteiger partial charge in [0.2, 0.25) is 5.43 Å². The minimum absolute atomic E-state index is 0.0141. The summed E-state index contributed by atoms with van der Waals surface area (Å²) in [5, 5.41) is 12.6. The molecule has 5 rings (SSSR count). The molecule has 0 radical (unpaired) electrons. The molecule has 1 aromatic heterocycles. The van der Waals surface area contributed by atoms with Gasteiger partial charge in [-0.05, 0) is 36.0 Å². The molecule has 2 aromatic carbocycles. The number of aromatic nitrogens is 1. The van der Waals surface area contributed by atoms with E-state index in [1.165, 1.54) is 17.2 Å². The summed E-state index contributed by atoms with van der Waals surface area (Å²) in [5.41, 5.74) is 2.99. The zero-order chi connectivity index (χ0) is 20.8. The number of hydrogen-bond acceptors (Lipinski definition) is 4. The summed E-state index contributed by atoms with van der Waals surface area (Å²) >= 11 is 0. The smallest absolute Gasteiger partial charge is 0.277 e. The van der Waals surface area contributed by atoms with Crippen LogP contribution in [0.2, 0.25) is 0 Å². The van der Waals surface area contributed by atoms with Gasteiger partial charge in [-0.3, -0.25) is 19.3 Å². The van der Waals surface area contributed by atoms with Crippen LogP contribution in [-0.4, -0.2) is 33.8 Å². The van der Waals surface area contributed by atoms with E-state index >= 15 is 0 Å². The molecule has 0 saturated heterocycles. The van der Waals surface area contributed by atoms with Crippen molar-refractivity contribution < 1.29 is 9.90 Å². The first-order valence-corrected chi connectivity index (χ1v) is 10.2. The summed E-state index contributed by atoms with van der Waals surface area (Å²) in [4.78, 5) is 26.9. The van der Waals surface area contributed by atoms with E-state index in [1.54, 1.807) is 22.8 Å².